The molecule has 1 aromatic heterocycles. The van der Waals surface area contributed by atoms with Crippen LogP contribution in [0.25, 0.3) is 0 Å². The van der Waals surface area contributed by atoms with Crippen molar-refractivity contribution in [2.75, 3.05) is 20.1 Å². The smallest absolute Gasteiger partial charge is 0.244 e. The zero-order valence-electron chi connectivity index (χ0n) is 16.2. The van der Waals surface area contributed by atoms with E-state index in [1.54, 1.807) is 35.0 Å². The lowest BCUT2D eigenvalue weighted by Crippen LogP contribution is -2.46. The van der Waals surface area contributed by atoms with Crippen LogP contribution in [0.5, 0.6) is 0 Å². The summed E-state index contributed by atoms with van der Waals surface area (Å²) in [5, 5.41) is 10.1. The van der Waals surface area contributed by atoms with Gasteiger partial charge in [-0.05, 0) is 37.6 Å². The number of piperidine rings is 1. The van der Waals surface area contributed by atoms with Crippen LogP contribution in [-0.2, 0) is 23.2 Å². The highest BCUT2D eigenvalue weighted by Gasteiger charge is 2.31. The summed E-state index contributed by atoms with van der Waals surface area (Å²) in [7, 11) is 3.57. The van der Waals surface area contributed by atoms with Crippen molar-refractivity contribution in [1.82, 2.24) is 25.3 Å². The average molecular weight is 387 g/mol. The van der Waals surface area contributed by atoms with Crippen molar-refractivity contribution in [3.05, 3.63) is 53.6 Å². The molecule has 1 aromatic carbocycles. The molecule has 1 saturated heterocycles. The minimum Gasteiger partial charge on any atom is -0.352 e. The average Bonchev–Trinajstić information content (AvgIpc) is 3.14. The van der Waals surface area contributed by atoms with Crippen LogP contribution in [0, 0.1) is 11.7 Å². The molecular weight excluding hydrogens is 361 g/mol. The zero-order chi connectivity index (χ0) is 20.1. The monoisotopic (exact) mass is 387 g/mol. The molecule has 0 saturated carbocycles. The first-order valence-electron chi connectivity index (χ1n) is 9.44. The van der Waals surface area contributed by atoms with E-state index in [0.29, 0.717) is 32.5 Å². The minimum atomic E-state index is -0.433. The van der Waals surface area contributed by atoms with Crippen molar-refractivity contribution in [1.29, 1.82) is 0 Å². The van der Waals surface area contributed by atoms with Crippen molar-refractivity contribution >= 4 is 11.8 Å². The van der Waals surface area contributed by atoms with Gasteiger partial charge in [-0.2, -0.15) is 5.10 Å². The van der Waals surface area contributed by atoms with Crippen LogP contribution < -0.4 is 10.6 Å². The van der Waals surface area contributed by atoms with Crippen LogP contribution in [-0.4, -0.2) is 46.6 Å². The van der Waals surface area contributed by atoms with E-state index >= 15 is 0 Å². The Morgan fingerprint density at radius 1 is 1.25 bits per heavy atom. The summed E-state index contributed by atoms with van der Waals surface area (Å²) < 4.78 is 14.6. The molecule has 1 aliphatic rings. The summed E-state index contributed by atoms with van der Waals surface area (Å²) in [6.07, 6.45) is 4.78. The second-order valence-electron chi connectivity index (χ2n) is 7.11. The van der Waals surface area contributed by atoms with Gasteiger partial charge in [-0.3, -0.25) is 14.3 Å². The molecule has 2 aromatic rings. The first-order valence-corrected chi connectivity index (χ1v) is 9.44. The third kappa shape index (κ3) is 4.75. The molecule has 1 unspecified atom stereocenters. The lowest BCUT2D eigenvalue weighted by Gasteiger charge is -2.33. The molecule has 0 aliphatic carbocycles. The maximum absolute atomic E-state index is 12.9. The fourth-order valence-electron chi connectivity index (χ4n) is 3.50. The van der Waals surface area contributed by atoms with E-state index in [9.17, 15) is 14.0 Å². The fraction of sp³-hybridized carbons (Fsp3) is 0.450. The molecule has 1 atom stereocenters. The van der Waals surface area contributed by atoms with Crippen LogP contribution in [0.3, 0.4) is 0 Å². The number of halogens is 1. The number of benzene rings is 1. The van der Waals surface area contributed by atoms with Gasteiger partial charge >= 0.3 is 0 Å². The summed E-state index contributed by atoms with van der Waals surface area (Å²) >= 11 is 0. The van der Waals surface area contributed by atoms with Gasteiger partial charge in [0.1, 0.15) is 11.9 Å². The van der Waals surface area contributed by atoms with E-state index in [-0.39, 0.29) is 23.5 Å². The summed E-state index contributed by atoms with van der Waals surface area (Å²) in [6.45, 7) is 1.47. The molecule has 150 valence electrons. The normalized spacial score (nSPS) is 16.0. The van der Waals surface area contributed by atoms with Gasteiger partial charge in [0, 0.05) is 44.4 Å². The number of hydrogen-bond donors (Lipinski definition) is 2. The molecular formula is C20H26FN5O2. The van der Waals surface area contributed by atoms with Crippen molar-refractivity contribution < 1.29 is 14.0 Å². The van der Waals surface area contributed by atoms with Crippen LogP contribution in [0.1, 0.15) is 30.0 Å². The molecule has 0 bridgehead atoms. The summed E-state index contributed by atoms with van der Waals surface area (Å²) in [4.78, 5) is 27.1. The molecule has 1 aliphatic heterocycles. The highest BCUT2D eigenvalue weighted by atomic mass is 19.1. The number of aromatic nitrogens is 2. The Kier molecular flexibility index (Phi) is 6.41. The Labute approximate surface area is 163 Å². The number of hydrogen-bond acceptors (Lipinski definition) is 4. The highest BCUT2D eigenvalue weighted by molar-refractivity contribution is 5.84. The zero-order valence-corrected chi connectivity index (χ0v) is 16.2. The lowest BCUT2D eigenvalue weighted by atomic mass is 9.95. The Morgan fingerprint density at radius 2 is 1.93 bits per heavy atom. The van der Waals surface area contributed by atoms with Crippen LogP contribution >= 0.6 is 0 Å². The number of nitrogens with one attached hydrogen (secondary N) is 2. The van der Waals surface area contributed by atoms with Crippen molar-refractivity contribution in [2.24, 2.45) is 13.0 Å². The Bertz CT molecular complexity index is 812. The molecule has 2 amide bonds. The summed E-state index contributed by atoms with van der Waals surface area (Å²) in [5.41, 5.74) is 1.69. The number of rotatable bonds is 6. The Morgan fingerprint density at radius 3 is 2.50 bits per heavy atom. The number of amides is 2. The second kappa shape index (κ2) is 8.97. The molecule has 1 fully saturated rings. The molecule has 28 heavy (non-hydrogen) atoms. The largest absolute Gasteiger partial charge is 0.352 e. The number of likely N-dealkylation sites (N-methyl/N-ethyl adjacent to an activating group) is 1. The van der Waals surface area contributed by atoms with Crippen LogP contribution in [0.2, 0.25) is 0 Å². The molecule has 0 radical (unpaired) electrons. The van der Waals surface area contributed by atoms with Gasteiger partial charge in [0.25, 0.3) is 0 Å². The van der Waals surface area contributed by atoms with Gasteiger partial charge in [0.15, 0.2) is 0 Å². The Hall–Kier alpha value is -2.74. The van der Waals surface area contributed by atoms with Gasteiger partial charge in [0.05, 0.1) is 6.20 Å². The van der Waals surface area contributed by atoms with E-state index in [4.69, 9.17) is 0 Å². The van der Waals surface area contributed by atoms with Crippen molar-refractivity contribution in [3.8, 4) is 0 Å². The molecule has 3 rings (SSSR count). The third-order valence-corrected chi connectivity index (χ3v) is 5.15. The van der Waals surface area contributed by atoms with Crippen LogP contribution in [0.15, 0.2) is 36.7 Å². The number of likely N-dealkylation sites (tertiary alicyclic amines) is 1. The summed E-state index contributed by atoms with van der Waals surface area (Å²) in [6, 6.07) is 5.65. The third-order valence-electron chi connectivity index (χ3n) is 5.15. The van der Waals surface area contributed by atoms with E-state index in [2.05, 4.69) is 15.7 Å². The molecule has 7 nitrogen and oxygen atoms in total. The van der Waals surface area contributed by atoms with E-state index in [1.165, 1.54) is 12.1 Å². The SMILES string of the molecule is CNC(C(=O)N1CCC(C(=O)NCc2ccc(F)cc2)CC1)c1cnn(C)c1. The van der Waals surface area contributed by atoms with E-state index in [0.717, 1.165) is 11.1 Å². The van der Waals surface area contributed by atoms with Gasteiger partial charge < -0.3 is 15.5 Å². The fourth-order valence-corrected chi connectivity index (χ4v) is 3.50. The summed E-state index contributed by atoms with van der Waals surface area (Å²) in [5.74, 6) is -0.427. The van der Waals surface area contributed by atoms with E-state index in [1.807, 2.05) is 13.2 Å². The molecule has 2 N–H and O–H groups in total. The number of nitrogens with zero attached hydrogens (tertiary/aromatic N) is 3. The quantitative estimate of drug-likeness (QED) is 0.785. The molecule has 8 heteroatoms. The van der Waals surface area contributed by atoms with Crippen molar-refractivity contribution in [2.45, 2.75) is 25.4 Å². The number of carbonyl (C=O) groups is 2. The standard InChI is InChI=1S/C20H26FN5O2/c1-22-18(16-12-24-25(2)13-16)20(28)26-9-7-15(8-10-26)19(27)23-11-14-3-5-17(21)6-4-14/h3-6,12-13,15,18,22H,7-11H2,1-2H3,(H,23,27). The topological polar surface area (TPSA) is 79.3 Å². The van der Waals surface area contributed by atoms with Gasteiger partial charge in [0.2, 0.25) is 11.8 Å². The van der Waals surface area contributed by atoms with Gasteiger partial charge in [-0.15, -0.1) is 0 Å². The van der Waals surface area contributed by atoms with Crippen LogP contribution in [0.4, 0.5) is 4.39 Å². The number of carbonyl (C=O) groups excluding carboxylic acids is 2. The minimum absolute atomic E-state index is 0.000621. The van der Waals surface area contributed by atoms with Crippen molar-refractivity contribution in [3.63, 3.8) is 0 Å². The van der Waals surface area contributed by atoms with E-state index < -0.39 is 6.04 Å². The maximum atomic E-state index is 12.9. The Balaban J connectivity index is 1.49. The lowest BCUT2D eigenvalue weighted by molar-refractivity contribution is -0.137. The maximum Gasteiger partial charge on any atom is 0.244 e. The predicted octanol–water partition coefficient (Wildman–Crippen LogP) is 1.37. The first-order chi connectivity index (χ1) is 13.5. The molecule has 2 heterocycles. The first kappa shape index (κ1) is 20.0. The number of aryl methyl sites for hydroxylation is 1. The van der Waals surface area contributed by atoms with Gasteiger partial charge in [-0.25, -0.2) is 4.39 Å². The predicted molar refractivity (Wildman–Crippen MR) is 103 cm³/mol. The highest BCUT2D eigenvalue weighted by Crippen LogP contribution is 2.22. The molecule has 0 spiro atoms. The second-order valence-corrected chi connectivity index (χ2v) is 7.11. The van der Waals surface area contributed by atoms with Gasteiger partial charge in [-0.1, -0.05) is 12.1 Å².